The SMILES string of the molecule is CC(C)CN(CC(=O)O)C(C)C1CCOC1. The first-order valence-electron chi connectivity index (χ1n) is 6.04. The van der Waals surface area contributed by atoms with Crippen molar-refractivity contribution < 1.29 is 14.6 Å². The highest BCUT2D eigenvalue weighted by Crippen LogP contribution is 2.21. The first kappa shape index (κ1) is 13.5. The molecule has 1 rings (SSSR count). The van der Waals surface area contributed by atoms with Gasteiger partial charge in [0.15, 0.2) is 0 Å². The van der Waals surface area contributed by atoms with Crippen LogP contribution in [0.15, 0.2) is 0 Å². The normalized spacial score (nSPS) is 22.9. The molecule has 2 unspecified atom stereocenters. The van der Waals surface area contributed by atoms with Crippen molar-refractivity contribution in [2.24, 2.45) is 11.8 Å². The van der Waals surface area contributed by atoms with Crippen molar-refractivity contribution in [2.45, 2.75) is 33.2 Å². The summed E-state index contributed by atoms with van der Waals surface area (Å²) < 4.78 is 5.36. The van der Waals surface area contributed by atoms with Crippen LogP contribution < -0.4 is 0 Å². The van der Waals surface area contributed by atoms with Crippen molar-refractivity contribution in [3.63, 3.8) is 0 Å². The monoisotopic (exact) mass is 229 g/mol. The van der Waals surface area contributed by atoms with Crippen LogP contribution in [0.3, 0.4) is 0 Å². The molecule has 0 radical (unpaired) electrons. The van der Waals surface area contributed by atoms with E-state index in [1.165, 1.54) is 0 Å². The van der Waals surface area contributed by atoms with E-state index in [1.54, 1.807) is 0 Å². The Hall–Kier alpha value is -0.610. The fourth-order valence-corrected chi connectivity index (χ4v) is 2.25. The molecule has 0 spiro atoms. The molecule has 1 aliphatic rings. The minimum absolute atomic E-state index is 0.135. The number of aliphatic carboxylic acids is 1. The Bertz CT molecular complexity index is 224. The molecule has 0 aromatic rings. The van der Waals surface area contributed by atoms with Gasteiger partial charge in [-0.2, -0.15) is 0 Å². The molecule has 1 aliphatic heterocycles. The molecule has 0 saturated carbocycles. The highest BCUT2D eigenvalue weighted by Gasteiger charge is 2.28. The van der Waals surface area contributed by atoms with Crippen LogP contribution in [0.2, 0.25) is 0 Å². The number of hydrogen-bond acceptors (Lipinski definition) is 3. The molecular formula is C12H23NO3. The molecule has 0 aliphatic carbocycles. The maximum Gasteiger partial charge on any atom is 0.317 e. The van der Waals surface area contributed by atoms with Gasteiger partial charge in [0.25, 0.3) is 0 Å². The summed E-state index contributed by atoms with van der Waals surface area (Å²) in [6.45, 7) is 8.91. The van der Waals surface area contributed by atoms with Gasteiger partial charge in [0.2, 0.25) is 0 Å². The second kappa shape index (κ2) is 6.21. The molecule has 0 aromatic carbocycles. The average Bonchev–Trinajstić information content (AvgIpc) is 2.66. The van der Waals surface area contributed by atoms with Crippen LogP contribution >= 0.6 is 0 Å². The Balaban J connectivity index is 2.54. The predicted octanol–water partition coefficient (Wildman–Crippen LogP) is 1.45. The van der Waals surface area contributed by atoms with E-state index in [0.717, 1.165) is 26.2 Å². The first-order valence-corrected chi connectivity index (χ1v) is 6.04. The van der Waals surface area contributed by atoms with Crippen molar-refractivity contribution in [1.29, 1.82) is 0 Å². The zero-order chi connectivity index (χ0) is 12.1. The molecule has 4 nitrogen and oxygen atoms in total. The van der Waals surface area contributed by atoms with Crippen molar-refractivity contribution >= 4 is 5.97 Å². The highest BCUT2D eigenvalue weighted by molar-refractivity contribution is 5.69. The van der Waals surface area contributed by atoms with E-state index in [9.17, 15) is 4.79 Å². The van der Waals surface area contributed by atoms with Gasteiger partial charge in [-0.25, -0.2) is 0 Å². The van der Waals surface area contributed by atoms with Crippen LogP contribution in [0.4, 0.5) is 0 Å². The van der Waals surface area contributed by atoms with Crippen molar-refractivity contribution in [1.82, 2.24) is 4.90 Å². The summed E-state index contributed by atoms with van der Waals surface area (Å²) in [4.78, 5) is 12.9. The summed E-state index contributed by atoms with van der Waals surface area (Å²) >= 11 is 0. The largest absolute Gasteiger partial charge is 0.480 e. The lowest BCUT2D eigenvalue weighted by Crippen LogP contribution is -2.43. The average molecular weight is 229 g/mol. The summed E-state index contributed by atoms with van der Waals surface area (Å²) in [5, 5.41) is 8.92. The number of carbonyl (C=O) groups is 1. The molecule has 1 heterocycles. The molecule has 2 atom stereocenters. The Kier molecular flexibility index (Phi) is 5.22. The minimum atomic E-state index is -0.744. The van der Waals surface area contributed by atoms with Gasteiger partial charge in [-0.1, -0.05) is 13.8 Å². The number of carboxylic acid groups (broad SMARTS) is 1. The summed E-state index contributed by atoms with van der Waals surface area (Å²) in [6, 6.07) is 0.293. The minimum Gasteiger partial charge on any atom is -0.480 e. The van der Waals surface area contributed by atoms with E-state index in [1.807, 2.05) is 0 Å². The molecule has 16 heavy (non-hydrogen) atoms. The van der Waals surface area contributed by atoms with Gasteiger partial charge in [-0.05, 0) is 25.2 Å². The van der Waals surface area contributed by atoms with Gasteiger partial charge in [0.1, 0.15) is 0 Å². The molecule has 0 amide bonds. The van der Waals surface area contributed by atoms with Gasteiger partial charge in [0, 0.05) is 19.2 Å². The molecule has 0 aromatic heterocycles. The summed E-state index contributed by atoms with van der Waals surface area (Å²) in [6.07, 6.45) is 1.05. The van der Waals surface area contributed by atoms with Gasteiger partial charge in [-0.3, -0.25) is 9.69 Å². The van der Waals surface area contributed by atoms with Crippen LogP contribution in [0.5, 0.6) is 0 Å². The van der Waals surface area contributed by atoms with Crippen LogP contribution in [0, 0.1) is 11.8 Å². The van der Waals surface area contributed by atoms with Gasteiger partial charge in [0.05, 0.1) is 13.2 Å². The van der Waals surface area contributed by atoms with Crippen LogP contribution in [0.25, 0.3) is 0 Å². The Morgan fingerprint density at radius 3 is 2.62 bits per heavy atom. The third-order valence-electron chi connectivity index (χ3n) is 3.16. The first-order chi connectivity index (χ1) is 7.50. The van der Waals surface area contributed by atoms with E-state index in [2.05, 4.69) is 25.7 Å². The smallest absolute Gasteiger partial charge is 0.317 e. The third kappa shape index (κ3) is 4.10. The van der Waals surface area contributed by atoms with E-state index >= 15 is 0 Å². The highest BCUT2D eigenvalue weighted by atomic mass is 16.5. The second-order valence-corrected chi connectivity index (χ2v) is 5.08. The molecule has 1 saturated heterocycles. The van der Waals surface area contributed by atoms with E-state index in [-0.39, 0.29) is 6.54 Å². The lowest BCUT2D eigenvalue weighted by atomic mass is 9.98. The topological polar surface area (TPSA) is 49.8 Å². The quantitative estimate of drug-likeness (QED) is 0.749. The Labute approximate surface area is 97.6 Å². The number of nitrogens with zero attached hydrogens (tertiary/aromatic N) is 1. The molecular weight excluding hydrogens is 206 g/mol. The molecule has 1 N–H and O–H groups in total. The number of ether oxygens (including phenoxy) is 1. The third-order valence-corrected chi connectivity index (χ3v) is 3.16. The van der Waals surface area contributed by atoms with Crippen LogP contribution in [-0.2, 0) is 9.53 Å². The zero-order valence-electron chi connectivity index (χ0n) is 10.5. The molecule has 4 heteroatoms. The summed E-state index contributed by atoms with van der Waals surface area (Å²) in [5.74, 6) is 0.230. The van der Waals surface area contributed by atoms with Gasteiger partial charge in [-0.15, -0.1) is 0 Å². The summed E-state index contributed by atoms with van der Waals surface area (Å²) in [5.41, 5.74) is 0. The predicted molar refractivity (Wildman–Crippen MR) is 62.4 cm³/mol. The number of hydrogen-bond donors (Lipinski definition) is 1. The van der Waals surface area contributed by atoms with Crippen LogP contribution in [0.1, 0.15) is 27.2 Å². The van der Waals surface area contributed by atoms with Crippen molar-refractivity contribution in [3.05, 3.63) is 0 Å². The van der Waals surface area contributed by atoms with Gasteiger partial charge >= 0.3 is 5.97 Å². The van der Waals surface area contributed by atoms with Crippen molar-refractivity contribution in [2.75, 3.05) is 26.3 Å². The lowest BCUT2D eigenvalue weighted by molar-refractivity contribution is -0.139. The maximum absolute atomic E-state index is 10.8. The molecule has 0 bridgehead atoms. The van der Waals surface area contributed by atoms with Crippen molar-refractivity contribution in [3.8, 4) is 0 Å². The second-order valence-electron chi connectivity index (χ2n) is 5.08. The fourth-order valence-electron chi connectivity index (χ4n) is 2.25. The molecule has 94 valence electrons. The Morgan fingerprint density at radius 1 is 1.50 bits per heavy atom. The van der Waals surface area contributed by atoms with E-state index in [4.69, 9.17) is 9.84 Å². The zero-order valence-corrected chi connectivity index (χ0v) is 10.5. The standard InChI is InChI=1S/C12H23NO3/c1-9(2)6-13(7-12(14)15)10(3)11-4-5-16-8-11/h9-11H,4-8H2,1-3H3,(H,14,15). The van der Waals surface area contributed by atoms with Crippen LogP contribution in [-0.4, -0.2) is 48.3 Å². The Morgan fingerprint density at radius 2 is 2.19 bits per heavy atom. The maximum atomic E-state index is 10.8. The van der Waals surface area contributed by atoms with Gasteiger partial charge < -0.3 is 9.84 Å². The summed E-state index contributed by atoms with van der Waals surface area (Å²) in [7, 11) is 0. The molecule has 1 fully saturated rings. The lowest BCUT2D eigenvalue weighted by Gasteiger charge is -2.32. The fraction of sp³-hybridized carbons (Fsp3) is 0.917. The number of rotatable bonds is 6. The van der Waals surface area contributed by atoms with E-state index < -0.39 is 5.97 Å². The van der Waals surface area contributed by atoms with E-state index in [0.29, 0.717) is 17.9 Å². The number of carboxylic acids is 1.